The van der Waals surface area contributed by atoms with E-state index in [4.69, 9.17) is 4.74 Å². The predicted molar refractivity (Wildman–Crippen MR) is 95.0 cm³/mol. The number of amides is 2. The number of rotatable bonds is 3. The minimum Gasteiger partial charge on any atom is -0.458 e. The van der Waals surface area contributed by atoms with Gasteiger partial charge in [-0.05, 0) is 41.6 Å². The lowest BCUT2D eigenvalue weighted by Gasteiger charge is -2.33. The van der Waals surface area contributed by atoms with Gasteiger partial charge in [-0.2, -0.15) is 0 Å². The van der Waals surface area contributed by atoms with E-state index >= 15 is 0 Å². The number of carbonyl (C=O) groups excluding carboxylic acids is 1. The Labute approximate surface area is 151 Å². The number of nitrogens with zero attached hydrogens (tertiary/aromatic N) is 3. The molecule has 1 saturated heterocycles. The van der Waals surface area contributed by atoms with Crippen molar-refractivity contribution in [3.63, 3.8) is 0 Å². The molecule has 1 atom stereocenters. The van der Waals surface area contributed by atoms with E-state index in [1.54, 1.807) is 12.4 Å². The Kier molecular flexibility index (Phi) is 6.29. The molecular formula is C17H25BrN4O2. The number of hydrogen-bond donors (Lipinski definition) is 1. The highest BCUT2D eigenvalue weighted by Crippen LogP contribution is 2.19. The normalized spacial score (nSPS) is 22.7. The van der Waals surface area contributed by atoms with E-state index in [2.05, 4.69) is 31.2 Å². The topological polar surface area (TPSA) is 67.4 Å². The van der Waals surface area contributed by atoms with Gasteiger partial charge in [0.15, 0.2) is 0 Å². The van der Waals surface area contributed by atoms with Gasteiger partial charge in [-0.3, -0.25) is 0 Å². The van der Waals surface area contributed by atoms with E-state index < -0.39 is 0 Å². The molecule has 1 aromatic rings. The fourth-order valence-corrected chi connectivity index (χ4v) is 3.62. The average Bonchev–Trinajstić information content (AvgIpc) is 2.86. The zero-order valence-corrected chi connectivity index (χ0v) is 15.5. The number of carbonyl (C=O) groups is 1. The van der Waals surface area contributed by atoms with Crippen LogP contribution in [-0.2, 0) is 0 Å². The maximum absolute atomic E-state index is 12.5. The highest BCUT2D eigenvalue weighted by atomic mass is 79.9. The molecule has 24 heavy (non-hydrogen) atoms. The van der Waals surface area contributed by atoms with E-state index in [-0.39, 0.29) is 12.1 Å². The molecule has 2 heterocycles. The van der Waals surface area contributed by atoms with Gasteiger partial charge in [0.1, 0.15) is 6.10 Å². The number of ether oxygens (including phenoxy) is 1. The van der Waals surface area contributed by atoms with Crippen molar-refractivity contribution >= 4 is 22.0 Å². The van der Waals surface area contributed by atoms with Gasteiger partial charge in [0.2, 0.25) is 0 Å². The standard InChI is InChI=1S/C17H25BrN4O2/c18-13-10-19-16(20-11-13)24-15-8-5-9-22(12-15)17(23)21-14-6-3-1-2-4-7-14/h10-11,14-15H,1-9,12H2,(H,21,23). The Hall–Kier alpha value is -1.37. The fraction of sp³-hybridized carbons (Fsp3) is 0.706. The molecule has 132 valence electrons. The molecule has 1 unspecified atom stereocenters. The lowest BCUT2D eigenvalue weighted by molar-refractivity contribution is 0.0925. The van der Waals surface area contributed by atoms with E-state index in [1.165, 1.54) is 25.7 Å². The zero-order valence-electron chi connectivity index (χ0n) is 13.9. The predicted octanol–water partition coefficient (Wildman–Crippen LogP) is 3.51. The van der Waals surface area contributed by atoms with Crippen LogP contribution >= 0.6 is 15.9 Å². The van der Waals surface area contributed by atoms with Crippen LogP contribution in [0, 0.1) is 0 Å². The van der Waals surface area contributed by atoms with Crippen molar-refractivity contribution in [1.29, 1.82) is 0 Å². The number of piperidine rings is 1. The van der Waals surface area contributed by atoms with Crippen LogP contribution in [0.5, 0.6) is 6.01 Å². The van der Waals surface area contributed by atoms with Crippen LogP contribution in [0.4, 0.5) is 4.79 Å². The summed E-state index contributed by atoms with van der Waals surface area (Å²) in [5.74, 6) is 0. The summed E-state index contributed by atoms with van der Waals surface area (Å²) in [6, 6.07) is 0.747. The summed E-state index contributed by atoms with van der Waals surface area (Å²) in [6.07, 6.45) is 12.4. The van der Waals surface area contributed by atoms with Crippen LogP contribution in [0.3, 0.4) is 0 Å². The minimum atomic E-state index is -0.0418. The van der Waals surface area contributed by atoms with Gasteiger partial charge >= 0.3 is 12.0 Å². The first-order chi connectivity index (χ1) is 11.7. The third-order valence-corrected chi connectivity index (χ3v) is 5.13. The van der Waals surface area contributed by atoms with Gasteiger partial charge in [0.25, 0.3) is 0 Å². The van der Waals surface area contributed by atoms with Crippen molar-refractivity contribution in [2.24, 2.45) is 0 Å². The van der Waals surface area contributed by atoms with Gasteiger partial charge in [0, 0.05) is 25.0 Å². The fourth-order valence-electron chi connectivity index (χ4n) is 3.42. The minimum absolute atomic E-state index is 0.0418. The van der Waals surface area contributed by atoms with Crippen LogP contribution in [0.25, 0.3) is 0 Å². The smallest absolute Gasteiger partial charge is 0.317 e. The molecular weight excluding hydrogens is 372 g/mol. The molecule has 3 rings (SSSR count). The summed E-state index contributed by atoms with van der Waals surface area (Å²) in [4.78, 5) is 22.7. The molecule has 7 heteroatoms. The number of nitrogens with one attached hydrogen (secondary N) is 1. The van der Waals surface area contributed by atoms with E-state index in [1.807, 2.05) is 4.90 Å². The third kappa shape index (κ3) is 5.06. The second kappa shape index (κ2) is 8.65. The molecule has 1 aromatic heterocycles. The van der Waals surface area contributed by atoms with Crippen molar-refractivity contribution in [3.8, 4) is 6.01 Å². The van der Waals surface area contributed by atoms with Crippen molar-refractivity contribution in [1.82, 2.24) is 20.2 Å². The molecule has 0 radical (unpaired) electrons. The van der Waals surface area contributed by atoms with Crippen molar-refractivity contribution in [2.75, 3.05) is 13.1 Å². The summed E-state index contributed by atoms with van der Waals surface area (Å²) in [5, 5.41) is 3.21. The monoisotopic (exact) mass is 396 g/mol. The Balaban J connectivity index is 1.50. The summed E-state index contributed by atoms with van der Waals surface area (Å²) < 4.78 is 6.66. The lowest BCUT2D eigenvalue weighted by atomic mass is 10.1. The van der Waals surface area contributed by atoms with E-state index in [0.717, 1.165) is 36.7 Å². The van der Waals surface area contributed by atoms with Crippen molar-refractivity contribution in [2.45, 2.75) is 63.5 Å². The van der Waals surface area contributed by atoms with Crippen molar-refractivity contribution < 1.29 is 9.53 Å². The van der Waals surface area contributed by atoms with Gasteiger partial charge in [-0.15, -0.1) is 0 Å². The highest BCUT2D eigenvalue weighted by molar-refractivity contribution is 9.10. The maximum Gasteiger partial charge on any atom is 0.317 e. The van der Waals surface area contributed by atoms with E-state index in [9.17, 15) is 4.79 Å². The zero-order chi connectivity index (χ0) is 16.8. The molecule has 1 N–H and O–H groups in total. The van der Waals surface area contributed by atoms with Crippen LogP contribution < -0.4 is 10.1 Å². The Morgan fingerprint density at radius 1 is 1.12 bits per heavy atom. The SMILES string of the molecule is O=C(NC1CCCCCC1)N1CCCC(Oc2ncc(Br)cn2)C1. The molecule has 1 saturated carbocycles. The van der Waals surface area contributed by atoms with Crippen LogP contribution in [0.2, 0.25) is 0 Å². The highest BCUT2D eigenvalue weighted by Gasteiger charge is 2.27. The number of likely N-dealkylation sites (tertiary alicyclic amines) is 1. The Morgan fingerprint density at radius 2 is 1.83 bits per heavy atom. The van der Waals surface area contributed by atoms with Gasteiger partial charge in [-0.25, -0.2) is 14.8 Å². The number of aromatic nitrogens is 2. The average molecular weight is 397 g/mol. The Morgan fingerprint density at radius 3 is 2.54 bits per heavy atom. The second-order valence-corrected chi connectivity index (χ2v) is 7.57. The molecule has 2 aliphatic rings. The molecule has 6 nitrogen and oxygen atoms in total. The molecule has 1 aliphatic heterocycles. The summed E-state index contributed by atoms with van der Waals surface area (Å²) in [5.41, 5.74) is 0. The molecule has 0 spiro atoms. The first-order valence-electron chi connectivity index (χ1n) is 8.90. The van der Waals surface area contributed by atoms with Crippen LogP contribution in [0.15, 0.2) is 16.9 Å². The number of urea groups is 1. The van der Waals surface area contributed by atoms with Crippen LogP contribution in [-0.4, -0.2) is 46.1 Å². The quantitative estimate of drug-likeness (QED) is 0.793. The van der Waals surface area contributed by atoms with Crippen LogP contribution in [0.1, 0.15) is 51.4 Å². The Bertz CT molecular complexity index is 532. The largest absolute Gasteiger partial charge is 0.458 e. The molecule has 2 amide bonds. The van der Waals surface area contributed by atoms with Gasteiger partial charge in [0.05, 0.1) is 11.0 Å². The first-order valence-corrected chi connectivity index (χ1v) is 9.69. The maximum atomic E-state index is 12.5. The lowest BCUT2D eigenvalue weighted by Crippen LogP contribution is -2.51. The summed E-state index contributed by atoms with van der Waals surface area (Å²) in [7, 11) is 0. The molecule has 0 aromatic carbocycles. The van der Waals surface area contributed by atoms with E-state index in [0.29, 0.717) is 18.6 Å². The third-order valence-electron chi connectivity index (χ3n) is 4.72. The van der Waals surface area contributed by atoms with Crippen molar-refractivity contribution in [3.05, 3.63) is 16.9 Å². The second-order valence-electron chi connectivity index (χ2n) is 6.65. The van der Waals surface area contributed by atoms with Gasteiger partial charge in [-0.1, -0.05) is 25.7 Å². The first kappa shape index (κ1) is 17.5. The number of halogens is 1. The summed E-state index contributed by atoms with van der Waals surface area (Å²) >= 11 is 3.31. The molecule has 1 aliphatic carbocycles. The molecule has 0 bridgehead atoms. The molecule has 2 fully saturated rings. The van der Waals surface area contributed by atoms with Gasteiger partial charge < -0.3 is 15.0 Å². The summed E-state index contributed by atoms with van der Waals surface area (Å²) in [6.45, 7) is 1.39. The number of hydrogen-bond acceptors (Lipinski definition) is 4.